The summed E-state index contributed by atoms with van der Waals surface area (Å²) in [7, 11) is 1.86. The Kier molecular flexibility index (Phi) is 4.47. The molecule has 0 aliphatic heterocycles. The van der Waals surface area contributed by atoms with Crippen molar-refractivity contribution in [2.24, 2.45) is 0 Å². The van der Waals surface area contributed by atoms with Crippen LogP contribution in [0.2, 0.25) is 0 Å². The fourth-order valence-corrected chi connectivity index (χ4v) is 1.85. The number of aryl methyl sites for hydroxylation is 1. The van der Waals surface area contributed by atoms with Gasteiger partial charge in [0.05, 0.1) is 6.61 Å². The Hall–Kier alpha value is -1.94. The number of anilines is 1. The first-order valence-corrected chi connectivity index (χ1v) is 6.48. The second-order valence-electron chi connectivity index (χ2n) is 4.47. The van der Waals surface area contributed by atoms with Gasteiger partial charge in [-0.1, -0.05) is 31.2 Å². The van der Waals surface area contributed by atoms with Crippen LogP contribution in [0, 0.1) is 0 Å². The van der Waals surface area contributed by atoms with Gasteiger partial charge in [0.15, 0.2) is 0 Å². The minimum atomic E-state index is 0.0973. The summed E-state index contributed by atoms with van der Waals surface area (Å²) in [6.45, 7) is 2.77. The molecule has 2 rings (SSSR count). The van der Waals surface area contributed by atoms with Crippen LogP contribution in [-0.4, -0.2) is 35.3 Å². The van der Waals surface area contributed by atoms with Crippen molar-refractivity contribution in [3.05, 3.63) is 42.2 Å². The van der Waals surface area contributed by atoms with Gasteiger partial charge in [0.25, 0.3) is 0 Å². The highest BCUT2D eigenvalue weighted by Gasteiger charge is 2.04. The first-order chi connectivity index (χ1) is 9.24. The summed E-state index contributed by atoms with van der Waals surface area (Å²) in [6, 6.07) is 8.44. The Labute approximate surface area is 113 Å². The first-order valence-electron chi connectivity index (χ1n) is 6.48. The molecular weight excluding hydrogens is 238 g/mol. The van der Waals surface area contributed by atoms with E-state index in [4.69, 9.17) is 5.11 Å². The van der Waals surface area contributed by atoms with Crippen LogP contribution in [-0.2, 0) is 6.42 Å². The quantitative estimate of drug-likeness (QED) is 0.891. The summed E-state index contributed by atoms with van der Waals surface area (Å²) < 4.78 is 0. The zero-order valence-corrected chi connectivity index (χ0v) is 11.4. The van der Waals surface area contributed by atoms with E-state index >= 15 is 0 Å². The minimum absolute atomic E-state index is 0.0973. The van der Waals surface area contributed by atoms with Crippen molar-refractivity contribution in [2.45, 2.75) is 13.3 Å². The molecule has 0 atom stereocenters. The van der Waals surface area contributed by atoms with Crippen LogP contribution in [0.1, 0.15) is 12.5 Å². The number of rotatable bonds is 5. The van der Waals surface area contributed by atoms with Crippen molar-refractivity contribution in [1.29, 1.82) is 0 Å². The normalized spacial score (nSPS) is 10.5. The second-order valence-corrected chi connectivity index (χ2v) is 4.47. The van der Waals surface area contributed by atoms with Gasteiger partial charge < -0.3 is 10.0 Å². The van der Waals surface area contributed by atoms with Gasteiger partial charge in [-0.05, 0) is 17.5 Å². The number of benzene rings is 1. The highest BCUT2D eigenvalue weighted by Crippen LogP contribution is 2.19. The molecule has 1 heterocycles. The molecule has 0 bridgehead atoms. The zero-order chi connectivity index (χ0) is 13.7. The molecule has 1 aromatic heterocycles. The Morgan fingerprint density at radius 1 is 1.05 bits per heavy atom. The Morgan fingerprint density at radius 2 is 1.68 bits per heavy atom. The Balaban J connectivity index is 2.17. The van der Waals surface area contributed by atoms with Crippen LogP contribution >= 0.6 is 0 Å². The Bertz CT molecular complexity index is 508. The summed E-state index contributed by atoms with van der Waals surface area (Å²) in [5.41, 5.74) is 3.45. The predicted molar refractivity (Wildman–Crippen MR) is 77.2 cm³/mol. The van der Waals surface area contributed by atoms with E-state index in [1.54, 1.807) is 0 Å². The number of hydrogen-bond acceptors (Lipinski definition) is 4. The highest BCUT2D eigenvalue weighted by atomic mass is 16.3. The lowest BCUT2D eigenvalue weighted by Crippen LogP contribution is -2.23. The fraction of sp³-hybridized carbons (Fsp3) is 0.333. The number of nitrogens with zero attached hydrogens (tertiary/aromatic N) is 3. The van der Waals surface area contributed by atoms with E-state index in [9.17, 15) is 0 Å². The second kappa shape index (κ2) is 6.29. The standard InChI is InChI=1S/C15H19N3O/c1-3-12-4-6-13(7-5-12)14-10-16-15(17-11-14)18(2)8-9-19/h4-7,10-11,19H,3,8-9H2,1-2H3. The molecule has 0 saturated carbocycles. The van der Waals surface area contributed by atoms with Crippen LogP contribution in [0.15, 0.2) is 36.7 Å². The molecule has 4 nitrogen and oxygen atoms in total. The maximum absolute atomic E-state index is 8.88. The third-order valence-electron chi connectivity index (χ3n) is 3.11. The van der Waals surface area contributed by atoms with Gasteiger partial charge in [-0.2, -0.15) is 0 Å². The zero-order valence-electron chi connectivity index (χ0n) is 11.4. The van der Waals surface area contributed by atoms with Gasteiger partial charge >= 0.3 is 0 Å². The third-order valence-corrected chi connectivity index (χ3v) is 3.11. The van der Waals surface area contributed by atoms with E-state index in [1.165, 1.54) is 5.56 Å². The molecule has 2 aromatic rings. The first kappa shape index (κ1) is 13.5. The van der Waals surface area contributed by atoms with Crippen molar-refractivity contribution < 1.29 is 5.11 Å². The molecule has 0 saturated heterocycles. The SMILES string of the molecule is CCc1ccc(-c2cnc(N(C)CCO)nc2)cc1. The van der Waals surface area contributed by atoms with Gasteiger partial charge in [0.2, 0.25) is 5.95 Å². The fourth-order valence-electron chi connectivity index (χ4n) is 1.85. The highest BCUT2D eigenvalue weighted by molar-refractivity contribution is 5.62. The van der Waals surface area contributed by atoms with E-state index in [0.29, 0.717) is 12.5 Å². The summed E-state index contributed by atoms with van der Waals surface area (Å²) in [5, 5.41) is 8.88. The number of likely N-dealkylation sites (N-methyl/N-ethyl adjacent to an activating group) is 1. The number of aliphatic hydroxyl groups excluding tert-OH is 1. The molecule has 1 aromatic carbocycles. The van der Waals surface area contributed by atoms with E-state index in [2.05, 4.69) is 41.2 Å². The molecule has 0 amide bonds. The van der Waals surface area contributed by atoms with Gasteiger partial charge in [-0.25, -0.2) is 9.97 Å². The summed E-state index contributed by atoms with van der Waals surface area (Å²) >= 11 is 0. The van der Waals surface area contributed by atoms with Gasteiger partial charge in [-0.3, -0.25) is 0 Å². The number of aromatic nitrogens is 2. The van der Waals surface area contributed by atoms with Crippen molar-refractivity contribution in [2.75, 3.05) is 25.1 Å². The van der Waals surface area contributed by atoms with Gasteiger partial charge in [0, 0.05) is 31.5 Å². The van der Waals surface area contributed by atoms with Crippen molar-refractivity contribution in [3.8, 4) is 11.1 Å². The molecule has 19 heavy (non-hydrogen) atoms. The van der Waals surface area contributed by atoms with Crippen LogP contribution in [0.5, 0.6) is 0 Å². The van der Waals surface area contributed by atoms with E-state index < -0.39 is 0 Å². The predicted octanol–water partition coefficient (Wildman–Crippen LogP) is 2.13. The van der Waals surface area contributed by atoms with Crippen LogP contribution in [0.4, 0.5) is 5.95 Å². The largest absolute Gasteiger partial charge is 0.395 e. The van der Waals surface area contributed by atoms with Crippen LogP contribution in [0.25, 0.3) is 11.1 Å². The minimum Gasteiger partial charge on any atom is -0.395 e. The van der Waals surface area contributed by atoms with E-state index in [0.717, 1.165) is 17.5 Å². The average Bonchev–Trinajstić information content (AvgIpc) is 2.48. The van der Waals surface area contributed by atoms with Crippen LogP contribution < -0.4 is 4.90 Å². The maximum atomic E-state index is 8.88. The van der Waals surface area contributed by atoms with E-state index in [-0.39, 0.29) is 6.61 Å². The average molecular weight is 257 g/mol. The Morgan fingerprint density at radius 3 is 2.21 bits per heavy atom. The molecular formula is C15H19N3O. The van der Waals surface area contributed by atoms with Crippen molar-refractivity contribution in [3.63, 3.8) is 0 Å². The van der Waals surface area contributed by atoms with Crippen molar-refractivity contribution >= 4 is 5.95 Å². The molecule has 0 aliphatic carbocycles. The number of aliphatic hydroxyl groups is 1. The molecule has 0 fully saturated rings. The lowest BCUT2D eigenvalue weighted by atomic mass is 10.1. The lowest BCUT2D eigenvalue weighted by Gasteiger charge is -2.15. The molecule has 0 aliphatic rings. The van der Waals surface area contributed by atoms with Gasteiger partial charge in [0.1, 0.15) is 0 Å². The third kappa shape index (κ3) is 3.29. The summed E-state index contributed by atoms with van der Waals surface area (Å²) in [6.07, 6.45) is 4.68. The molecule has 0 spiro atoms. The summed E-state index contributed by atoms with van der Waals surface area (Å²) in [4.78, 5) is 10.5. The number of hydrogen-bond donors (Lipinski definition) is 1. The summed E-state index contributed by atoms with van der Waals surface area (Å²) in [5.74, 6) is 0.628. The van der Waals surface area contributed by atoms with Crippen LogP contribution in [0.3, 0.4) is 0 Å². The lowest BCUT2D eigenvalue weighted by molar-refractivity contribution is 0.303. The molecule has 0 radical (unpaired) electrons. The maximum Gasteiger partial charge on any atom is 0.225 e. The molecule has 0 unspecified atom stereocenters. The van der Waals surface area contributed by atoms with E-state index in [1.807, 2.05) is 24.3 Å². The smallest absolute Gasteiger partial charge is 0.225 e. The topological polar surface area (TPSA) is 49.2 Å². The van der Waals surface area contributed by atoms with Gasteiger partial charge in [-0.15, -0.1) is 0 Å². The monoisotopic (exact) mass is 257 g/mol. The van der Waals surface area contributed by atoms with Crippen molar-refractivity contribution in [1.82, 2.24) is 9.97 Å². The molecule has 4 heteroatoms. The molecule has 100 valence electrons. The molecule has 1 N–H and O–H groups in total.